The minimum atomic E-state index is 0.0908. The summed E-state index contributed by atoms with van der Waals surface area (Å²) in [6.45, 7) is 6.21. The Morgan fingerprint density at radius 2 is 1.80 bits per heavy atom. The van der Waals surface area contributed by atoms with Gasteiger partial charge in [-0.05, 0) is 30.8 Å². The molecular weight excluding hydrogens is 250 g/mol. The molecule has 1 aromatic carbocycles. The fourth-order valence-electron chi connectivity index (χ4n) is 1.65. The fraction of sp³-hybridized carbons (Fsp3) is 0.385. The normalized spacial score (nSPS) is 12.5. The van der Waals surface area contributed by atoms with Crippen molar-refractivity contribution in [3.8, 4) is 12.3 Å². The quantitative estimate of drug-likeness (QED) is 0.754. The fourth-order valence-corrected chi connectivity index (χ4v) is 1.91. The molecule has 0 aliphatic rings. The van der Waals surface area contributed by atoms with E-state index in [9.17, 15) is 0 Å². The largest absolute Gasteiger partial charge is 0.287 e. The number of rotatable bonds is 4. The maximum Gasteiger partial charge on any atom is 0.0968 e. The van der Waals surface area contributed by atoms with Crippen LogP contribution in [0.4, 0.5) is 0 Å². The van der Waals surface area contributed by atoms with Gasteiger partial charge in [0.1, 0.15) is 0 Å². The molecule has 0 heterocycles. The summed E-state index contributed by atoms with van der Waals surface area (Å²) in [5, 5.41) is 0. The van der Waals surface area contributed by atoms with Crippen molar-refractivity contribution >= 4 is 15.9 Å². The highest BCUT2D eigenvalue weighted by molar-refractivity contribution is 9.10. The van der Waals surface area contributed by atoms with Crippen molar-refractivity contribution in [3.05, 3.63) is 34.3 Å². The molecule has 0 saturated carbocycles. The lowest BCUT2D eigenvalue weighted by molar-refractivity contribution is 0.264. The first-order valence-electron chi connectivity index (χ1n) is 5.18. The molecule has 0 aliphatic carbocycles. The van der Waals surface area contributed by atoms with Crippen LogP contribution in [-0.2, 0) is 0 Å². The van der Waals surface area contributed by atoms with E-state index in [1.807, 2.05) is 12.1 Å². The van der Waals surface area contributed by atoms with Gasteiger partial charge >= 0.3 is 0 Å². The predicted octanol–water partition coefficient (Wildman–Crippen LogP) is 3.47. The van der Waals surface area contributed by atoms with E-state index in [1.54, 1.807) is 0 Å². The van der Waals surface area contributed by atoms with E-state index in [2.05, 4.69) is 52.7 Å². The third-order valence-corrected chi connectivity index (χ3v) is 3.05. The summed E-state index contributed by atoms with van der Waals surface area (Å²) < 4.78 is 1.08. The molecule has 0 saturated heterocycles. The summed E-state index contributed by atoms with van der Waals surface area (Å²) >= 11 is 3.42. The molecule has 0 fully saturated rings. The molecule has 1 atom stereocenters. The van der Waals surface area contributed by atoms with Crippen LogP contribution in [0.2, 0.25) is 0 Å². The maximum atomic E-state index is 5.59. The zero-order chi connectivity index (χ0) is 11.3. The molecule has 0 radical (unpaired) electrons. The van der Waals surface area contributed by atoms with E-state index >= 15 is 0 Å². The number of nitrogens with zero attached hydrogens (tertiary/aromatic N) is 1. The highest BCUT2D eigenvalue weighted by atomic mass is 79.9. The van der Waals surface area contributed by atoms with Crippen LogP contribution in [-0.4, -0.2) is 18.0 Å². The Morgan fingerprint density at radius 1 is 1.27 bits per heavy atom. The zero-order valence-corrected chi connectivity index (χ0v) is 10.8. The van der Waals surface area contributed by atoms with Crippen LogP contribution < -0.4 is 0 Å². The standard InChI is InChI=1S/C13H16BrN/c1-4-13(15(5-2)6-3)11-7-9-12(14)10-8-11/h1,7-10,13H,5-6H2,2-3H3. The molecule has 1 nitrogen and oxygen atoms in total. The monoisotopic (exact) mass is 265 g/mol. The summed E-state index contributed by atoms with van der Waals surface area (Å²) in [6.07, 6.45) is 5.59. The van der Waals surface area contributed by atoms with E-state index in [4.69, 9.17) is 6.42 Å². The number of hydrogen-bond donors (Lipinski definition) is 0. The van der Waals surface area contributed by atoms with Gasteiger partial charge in [0.05, 0.1) is 6.04 Å². The molecule has 1 unspecified atom stereocenters. The lowest BCUT2D eigenvalue weighted by Crippen LogP contribution is -2.27. The SMILES string of the molecule is C#CC(c1ccc(Br)cc1)N(CC)CC. The van der Waals surface area contributed by atoms with Gasteiger partial charge in [0.2, 0.25) is 0 Å². The van der Waals surface area contributed by atoms with Crippen LogP contribution in [0.3, 0.4) is 0 Å². The molecule has 0 aromatic heterocycles. The van der Waals surface area contributed by atoms with Gasteiger partial charge in [-0.3, -0.25) is 4.90 Å². The minimum Gasteiger partial charge on any atom is -0.287 e. The first-order chi connectivity index (χ1) is 7.22. The van der Waals surface area contributed by atoms with Crippen LogP contribution >= 0.6 is 15.9 Å². The van der Waals surface area contributed by atoms with Gasteiger partial charge < -0.3 is 0 Å². The maximum absolute atomic E-state index is 5.59. The minimum absolute atomic E-state index is 0.0908. The van der Waals surface area contributed by atoms with Crippen molar-refractivity contribution in [2.75, 3.05) is 13.1 Å². The van der Waals surface area contributed by atoms with Gasteiger partial charge in [-0.1, -0.05) is 47.8 Å². The molecule has 0 N–H and O–H groups in total. The Bertz CT molecular complexity index is 333. The summed E-state index contributed by atoms with van der Waals surface area (Å²) in [5.74, 6) is 2.85. The predicted molar refractivity (Wildman–Crippen MR) is 68.6 cm³/mol. The third-order valence-electron chi connectivity index (χ3n) is 2.52. The van der Waals surface area contributed by atoms with Crippen LogP contribution in [0.15, 0.2) is 28.7 Å². The van der Waals surface area contributed by atoms with E-state index in [-0.39, 0.29) is 6.04 Å². The Hall–Kier alpha value is -0.780. The van der Waals surface area contributed by atoms with Crippen molar-refractivity contribution in [1.82, 2.24) is 4.90 Å². The smallest absolute Gasteiger partial charge is 0.0968 e. The molecule has 80 valence electrons. The van der Waals surface area contributed by atoms with Gasteiger partial charge in [-0.15, -0.1) is 6.42 Å². The van der Waals surface area contributed by atoms with E-state index < -0.39 is 0 Å². The molecule has 0 aliphatic heterocycles. The van der Waals surface area contributed by atoms with Gasteiger partial charge in [0.25, 0.3) is 0 Å². The lowest BCUT2D eigenvalue weighted by atomic mass is 10.1. The van der Waals surface area contributed by atoms with Crippen molar-refractivity contribution < 1.29 is 0 Å². The van der Waals surface area contributed by atoms with Crippen molar-refractivity contribution in [1.29, 1.82) is 0 Å². The van der Waals surface area contributed by atoms with Crippen LogP contribution in [0, 0.1) is 12.3 Å². The van der Waals surface area contributed by atoms with Crippen molar-refractivity contribution in [3.63, 3.8) is 0 Å². The van der Waals surface area contributed by atoms with E-state index in [1.165, 1.54) is 5.56 Å². The summed E-state index contributed by atoms with van der Waals surface area (Å²) in [4.78, 5) is 2.27. The lowest BCUT2D eigenvalue weighted by Gasteiger charge is -2.25. The Balaban J connectivity index is 2.92. The summed E-state index contributed by atoms with van der Waals surface area (Å²) in [7, 11) is 0. The van der Waals surface area contributed by atoms with Gasteiger partial charge in [0, 0.05) is 4.47 Å². The summed E-state index contributed by atoms with van der Waals surface area (Å²) in [6, 6.07) is 8.31. The van der Waals surface area contributed by atoms with E-state index in [0.717, 1.165) is 17.6 Å². The second-order valence-corrected chi connectivity index (χ2v) is 4.26. The highest BCUT2D eigenvalue weighted by Crippen LogP contribution is 2.21. The van der Waals surface area contributed by atoms with Gasteiger partial charge in [-0.25, -0.2) is 0 Å². The Morgan fingerprint density at radius 3 is 2.20 bits per heavy atom. The second kappa shape index (κ2) is 5.95. The number of benzene rings is 1. The number of terminal acetylenes is 1. The molecule has 15 heavy (non-hydrogen) atoms. The molecule has 1 rings (SSSR count). The topological polar surface area (TPSA) is 3.24 Å². The van der Waals surface area contributed by atoms with Crippen molar-refractivity contribution in [2.24, 2.45) is 0 Å². The van der Waals surface area contributed by atoms with Crippen LogP contribution in [0.25, 0.3) is 0 Å². The van der Waals surface area contributed by atoms with Gasteiger partial charge in [0.15, 0.2) is 0 Å². The summed E-state index contributed by atoms with van der Waals surface area (Å²) in [5.41, 5.74) is 1.18. The molecule has 0 spiro atoms. The molecule has 0 bridgehead atoms. The van der Waals surface area contributed by atoms with Crippen LogP contribution in [0.1, 0.15) is 25.5 Å². The zero-order valence-electron chi connectivity index (χ0n) is 9.20. The molecular formula is C13H16BrN. The van der Waals surface area contributed by atoms with Crippen molar-refractivity contribution in [2.45, 2.75) is 19.9 Å². The highest BCUT2D eigenvalue weighted by Gasteiger charge is 2.14. The number of halogens is 1. The first kappa shape index (κ1) is 12.3. The first-order valence-corrected chi connectivity index (χ1v) is 5.97. The number of hydrogen-bond acceptors (Lipinski definition) is 1. The van der Waals surface area contributed by atoms with Crippen LogP contribution in [0.5, 0.6) is 0 Å². The molecule has 1 aromatic rings. The average Bonchev–Trinajstić information content (AvgIpc) is 2.27. The second-order valence-electron chi connectivity index (χ2n) is 3.34. The third kappa shape index (κ3) is 3.09. The molecule has 0 amide bonds. The molecule has 2 heteroatoms. The Labute approximate surface area is 101 Å². The van der Waals surface area contributed by atoms with E-state index in [0.29, 0.717) is 0 Å². The average molecular weight is 266 g/mol. The van der Waals surface area contributed by atoms with Gasteiger partial charge in [-0.2, -0.15) is 0 Å². The Kier molecular flexibility index (Phi) is 4.87.